The van der Waals surface area contributed by atoms with Gasteiger partial charge < -0.3 is 4.90 Å². The summed E-state index contributed by atoms with van der Waals surface area (Å²) >= 11 is 0. The normalized spacial score (nSPS) is 20.0. The van der Waals surface area contributed by atoms with Gasteiger partial charge in [0.05, 0.1) is 11.9 Å². The molecule has 17 heavy (non-hydrogen) atoms. The Labute approximate surface area is 101 Å². The first-order valence-corrected chi connectivity index (χ1v) is 5.96. The molecule has 2 heterocycles. The van der Waals surface area contributed by atoms with Gasteiger partial charge in [-0.25, -0.2) is 4.68 Å². The van der Waals surface area contributed by atoms with E-state index >= 15 is 0 Å². The molecule has 1 unspecified atom stereocenters. The van der Waals surface area contributed by atoms with Crippen molar-refractivity contribution in [2.24, 2.45) is 5.92 Å². The Kier molecular flexibility index (Phi) is 3.48. The van der Waals surface area contributed by atoms with E-state index in [4.69, 9.17) is 6.42 Å². The molecule has 1 fully saturated rings. The van der Waals surface area contributed by atoms with Gasteiger partial charge in [0.2, 0.25) is 0 Å². The molecule has 0 aliphatic carbocycles. The average molecular weight is 231 g/mol. The van der Waals surface area contributed by atoms with Crippen molar-refractivity contribution in [1.82, 2.24) is 9.78 Å². The number of hydrogen-bond acceptors (Lipinski definition) is 3. The van der Waals surface area contributed by atoms with E-state index in [2.05, 4.69) is 22.8 Å². The van der Waals surface area contributed by atoms with E-state index in [1.54, 1.807) is 12.3 Å². The highest BCUT2D eigenvalue weighted by atomic mass is 16.1. The van der Waals surface area contributed by atoms with Gasteiger partial charge in [-0.1, -0.05) is 12.8 Å². The fourth-order valence-corrected chi connectivity index (χ4v) is 2.23. The summed E-state index contributed by atoms with van der Waals surface area (Å²) in [6, 6.07) is 1.63. The molecule has 0 amide bonds. The summed E-state index contributed by atoms with van der Waals surface area (Å²) in [6.45, 7) is 4.47. The maximum absolute atomic E-state index is 11.7. The lowest BCUT2D eigenvalue weighted by Crippen LogP contribution is -2.35. The molecule has 0 bridgehead atoms. The number of rotatable bonds is 2. The van der Waals surface area contributed by atoms with Gasteiger partial charge in [-0.3, -0.25) is 4.79 Å². The molecule has 0 aromatic carbocycles. The van der Waals surface area contributed by atoms with Crippen LogP contribution in [0, 0.1) is 18.3 Å². The number of aromatic nitrogens is 2. The predicted octanol–water partition coefficient (Wildman–Crippen LogP) is 1.11. The molecular weight excluding hydrogens is 214 g/mol. The van der Waals surface area contributed by atoms with Crippen molar-refractivity contribution in [3.05, 3.63) is 22.6 Å². The lowest BCUT2D eigenvalue weighted by atomic mass is 10.00. The summed E-state index contributed by atoms with van der Waals surface area (Å²) in [5.41, 5.74) is 0.786. The zero-order chi connectivity index (χ0) is 12.3. The predicted molar refractivity (Wildman–Crippen MR) is 67.9 cm³/mol. The van der Waals surface area contributed by atoms with Crippen molar-refractivity contribution in [3.8, 4) is 12.3 Å². The molecule has 0 radical (unpaired) electrons. The Balaban J connectivity index is 2.20. The largest absolute Gasteiger partial charge is 0.370 e. The second kappa shape index (κ2) is 5.05. The third kappa shape index (κ3) is 2.68. The zero-order valence-electron chi connectivity index (χ0n) is 10.1. The van der Waals surface area contributed by atoms with Crippen LogP contribution < -0.4 is 10.5 Å². The van der Waals surface area contributed by atoms with Crippen LogP contribution in [0.3, 0.4) is 0 Å². The SMILES string of the molecule is C#CCn1ncc(N2CCCC(C)C2)cc1=O. The quantitative estimate of drug-likeness (QED) is 0.716. The number of hydrogen-bond donors (Lipinski definition) is 0. The maximum Gasteiger partial charge on any atom is 0.269 e. The molecule has 0 N–H and O–H groups in total. The Morgan fingerprint density at radius 3 is 3.12 bits per heavy atom. The molecule has 2 rings (SSSR count). The van der Waals surface area contributed by atoms with Crippen molar-refractivity contribution in [3.63, 3.8) is 0 Å². The molecule has 4 nitrogen and oxygen atoms in total. The van der Waals surface area contributed by atoms with Crippen LogP contribution in [0.15, 0.2) is 17.1 Å². The summed E-state index contributed by atoms with van der Waals surface area (Å²) in [7, 11) is 0. The molecule has 90 valence electrons. The molecule has 0 spiro atoms. The van der Waals surface area contributed by atoms with E-state index in [-0.39, 0.29) is 12.1 Å². The summed E-state index contributed by atoms with van der Waals surface area (Å²) in [4.78, 5) is 14.0. The van der Waals surface area contributed by atoms with Crippen LogP contribution >= 0.6 is 0 Å². The smallest absolute Gasteiger partial charge is 0.269 e. The number of piperidine rings is 1. The second-order valence-corrected chi connectivity index (χ2v) is 4.61. The first-order chi connectivity index (χ1) is 8.20. The molecule has 1 saturated heterocycles. The van der Waals surface area contributed by atoms with Gasteiger partial charge in [-0.05, 0) is 18.8 Å². The van der Waals surface area contributed by atoms with Crippen LogP contribution in [0.4, 0.5) is 5.69 Å². The van der Waals surface area contributed by atoms with Crippen molar-refractivity contribution in [2.45, 2.75) is 26.3 Å². The van der Waals surface area contributed by atoms with E-state index in [0.29, 0.717) is 5.92 Å². The van der Waals surface area contributed by atoms with E-state index in [1.807, 2.05) is 0 Å². The van der Waals surface area contributed by atoms with E-state index in [9.17, 15) is 4.79 Å². The van der Waals surface area contributed by atoms with E-state index in [1.165, 1.54) is 17.5 Å². The number of nitrogens with zero attached hydrogens (tertiary/aromatic N) is 3. The van der Waals surface area contributed by atoms with Gasteiger partial charge in [0.1, 0.15) is 6.54 Å². The molecule has 1 aromatic rings. The fraction of sp³-hybridized carbons (Fsp3) is 0.538. The molecule has 1 aliphatic heterocycles. The molecule has 0 saturated carbocycles. The number of terminal acetylenes is 1. The lowest BCUT2D eigenvalue weighted by Gasteiger charge is -2.32. The zero-order valence-corrected chi connectivity index (χ0v) is 10.1. The Bertz CT molecular complexity index is 486. The second-order valence-electron chi connectivity index (χ2n) is 4.61. The highest BCUT2D eigenvalue weighted by molar-refractivity contribution is 5.43. The van der Waals surface area contributed by atoms with Crippen molar-refractivity contribution in [1.29, 1.82) is 0 Å². The molecule has 1 aliphatic rings. The third-order valence-corrected chi connectivity index (χ3v) is 3.12. The molecule has 1 atom stereocenters. The van der Waals surface area contributed by atoms with Gasteiger partial charge in [-0.2, -0.15) is 5.10 Å². The van der Waals surface area contributed by atoms with Gasteiger partial charge in [0.15, 0.2) is 0 Å². The minimum Gasteiger partial charge on any atom is -0.370 e. The van der Waals surface area contributed by atoms with Crippen LogP contribution in [-0.4, -0.2) is 22.9 Å². The van der Waals surface area contributed by atoms with Crippen LogP contribution in [-0.2, 0) is 6.54 Å². The van der Waals surface area contributed by atoms with Crippen molar-refractivity contribution >= 4 is 5.69 Å². The van der Waals surface area contributed by atoms with Crippen LogP contribution in [0.1, 0.15) is 19.8 Å². The van der Waals surface area contributed by atoms with E-state index in [0.717, 1.165) is 18.8 Å². The summed E-state index contributed by atoms with van der Waals surface area (Å²) in [5, 5.41) is 4.09. The van der Waals surface area contributed by atoms with Crippen LogP contribution in [0.5, 0.6) is 0 Å². The van der Waals surface area contributed by atoms with Crippen LogP contribution in [0.2, 0.25) is 0 Å². The van der Waals surface area contributed by atoms with Gasteiger partial charge >= 0.3 is 0 Å². The van der Waals surface area contributed by atoms with Gasteiger partial charge in [-0.15, -0.1) is 6.42 Å². The molecule has 4 heteroatoms. The number of anilines is 1. The van der Waals surface area contributed by atoms with E-state index < -0.39 is 0 Å². The van der Waals surface area contributed by atoms with Crippen molar-refractivity contribution in [2.75, 3.05) is 18.0 Å². The fourth-order valence-electron chi connectivity index (χ4n) is 2.23. The van der Waals surface area contributed by atoms with Crippen molar-refractivity contribution < 1.29 is 0 Å². The summed E-state index contributed by atoms with van der Waals surface area (Å²) < 4.78 is 1.30. The molecular formula is C13H17N3O. The van der Waals surface area contributed by atoms with Gasteiger partial charge in [0, 0.05) is 19.2 Å². The van der Waals surface area contributed by atoms with Gasteiger partial charge in [0.25, 0.3) is 5.56 Å². The maximum atomic E-state index is 11.7. The standard InChI is InChI=1S/C13H17N3O/c1-3-6-16-13(17)8-12(9-14-16)15-7-4-5-11(2)10-15/h1,8-9,11H,4-7,10H2,2H3. The Hall–Kier alpha value is -1.76. The minimum absolute atomic E-state index is 0.126. The third-order valence-electron chi connectivity index (χ3n) is 3.12. The Morgan fingerprint density at radius 1 is 1.65 bits per heavy atom. The average Bonchev–Trinajstić information content (AvgIpc) is 2.32. The highest BCUT2D eigenvalue weighted by Gasteiger charge is 2.17. The monoisotopic (exact) mass is 231 g/mol. The highest BCUT2D eigenvalue weighted by Crippen LogP contribution is 2.20. The summed E-state index contributed by atoms with van der Waals surface area (Å²) in [6.07, 6.45) is 9.34. The Morgan fingerprint density at radius 2 is 2.47 bits per heavy atom. The first kappa shape index (κ1) is 11.7. The van der Waals surface area contributed by atoms with Crippen LogP contribution in [0.25, 0.3) is 0 Å². The topological polar surface area (TPSA) is 38.1 Å². The lowest BCUT2D eigenvalue weighted by molar-refractivity contribution is 0.445. The summed E-state index contributed by atoms with van der Waals surface area (Å²) in [5.74, 6) is 3.10. The minimum atomic E-state index is -0.126. The first-order valence-electron chi connectivity index (χ1n) is 5.96. The molecule has 1 aromatic heterocycles.